The summed E-state index contributed by atoms with van der Waals surface area (Å²) in [6.07, 6.45) is 0. The zero-order chi connectivity index (χ0) is 10.8. The van der Waals surface area contributed by atoms with E-state index in [0.717, 1.165) is 21.2 Å². The molecule has 2 N–H and O–H groups in total. The lowest BCUT2D eigenvalue weighted by molar-refractivity contribution is 1.18. The van der Waals surface area contributed by atoms with E-state index in [1.165, 1.54) is 0 Å². The van der Waals surface area contributed by atoms with E-state index >= 15 is 0 Å². The minimum Gasteiger partial charge on any atom is -0.372 e. The molecular weight excluding hydrogens is 256 g/mol. The van der Waals surface area contributed by atoms with Gasteiger partial charge in [-0.15, -0.1) is 0 Å². The van der Waals surface area contributed by atoms with Gasteiger partial charge in [0.05, 0.1) is 5.52 Å². The summed E-state index contributed by atoms with van der Waals surface area (Å²) >= 11 is 3.42. The Morgan fingerprint density at radius 1 is 1.13 bits per heavy atom. The Labute approximate surface area is 96.2 Å². The number of hydrogen-bond acceptors (Lipinski definition) is 4. The second-order valence-electron chi connectivity index (χ2n) is 3.06. The van der Waals surface area contributed by atoms with E-state index < -0.39 is 0 Å². The van der Waals surface area contributed by atoms with Crippen LogP contribution in [0.3, 0.4) is 0 Å². The third kappa shape index (κ3) is 1.87. The van der Waals surface area contributed by atoms with E-state index in [-0.39, 0.29) is 0 Å². The fourth-order valence-corrected chi connectivity index (χ4v) is 1.75. The number of anilines is 2. The largest absolute Gasteiger partial charge is 0.372 e. The first kappa shape index (κ1) is 10.2. The number of nitrogens with one attached hydrogen (secondary N) is 2. The molecule has 0 bridgehead atoms. The van der Waals surface area contributed by atoms with Crippen LogP contribution in [0.4, 0.5) is 11.8 Å². The molecule has 0 saturated carbocycles. The van der Waals surface area contributed by atoms with Gasteiger partial charge in [0.2, 0.25) is 5.95 Å². The van der Waals surface area contributed by atoms with E-state index in [2.05, 4.69) is 36.5 Å². The van der Waals surface area contributed by atoms with Gasteiger partial charge in [0, 0.05) is 24.0 Å². The molecule has 5 heteroatoms. The van der Waals surface area contributed by atoms with Crippen LogP contribution < -0.4 is 10.6 Å². The molecule has 1 heterocycles. The highest BCUT2D eigenvalue weighted by atomic mass is 79.9. The van der Waals surface area contributed by atoms with Crippen LogP contribution in [0.5, 0.6) is 0 Å². The summed E-state index contributed by atoms with van der Waals surface area (Å²) in [5.41, 5.74) is 0.910. The van der Waals surface area contributed by atoms with Crippen molar-refractivity contribution >= 4 is 38.6 Å². The van der Waals surface area contributed by atoms with Crippen molar-refractivity contribution in [2.45, 2.75) is 0 Å². The third-order valence-corrected chi connectivity index (χ3v) is 2.61. The zero-order valence-corrected chi connectivity index (χ0v) is 10.1. The van der Waals surface area contributed by atoms with Crippen molar-refractivity contribution in [1.29, 1.82) is 0 Å². The summed E-state index contributed by atoms with van der Waals surface area (Å²) in [4.78, 5) is 8.69. The van der Waals surface area contributed by atoms with Crippen LogP contribution >= 0.6 is 15.9 Å². The highest BCUT2D eigenvalue weighted by Gasteiger charge is 2.05. The number of fused-ring (bicyclic) bond motifs is 1. The summed E-state index contributed by atoms with van der Waals surface area (Å²) < 4.78 is 1.01. The minimum atomic E-state index is 0.616. The standard InChI is InChI=1S/C10H11BrN4/c1-12-9-7-4-3-6(11)5-8(7)14-10(13-2)15-9/h3-5H,1-2H3,(H2,12,13,14,15). The van der Waals surface area contributed by atoms with Crippen molar-refractivity contribution in [3.63, 3.8) is 0 Å². The number of hydrogen-bond donors (Lipinski definition) is 2. The molecule has 1 aromatic heterocycles. The fraction of sp³-hybridized carbons (Fsp3) is 0.200. The lowest BCUT2D eigenvalue weighted by Crippen LogP contribution is -2.01. The van der Waals surface area contributed by atoms with Crippen LogP contribution in [0.25, 0.3) is 10.9 Å². The summed E-state index contributed by atoms with van der Waals surface area (Å²) in [6.45, 7) is 0. The first-order chi connectivity index (χ1) is 7.24. The van der Waals surface area contributed by atoms with Crippen molar-refractivity contribution in [2.24, 2.45) is 0 Å². The maximum Gasteiger partial charge on any atom is 0.224 e. The molecule has 0 radical (unpaired) electrons. The zero-order valence-electron chi connectivity index (χ0n) is 8.50. The van der Waals surface area contributed by atoms with E-state index in [1.54, 1.807) is 7.05 Å². The average Bonchev–Trinajstić information content (AvgIpc) is 2.26. The maximum absolute atomic E-state index is 4.37. The molecule has 2 aromatic rings. The van der Waals surface area contributed by atoms with Crippen molar-refractivity contribution in [3.05, 3.63) is 22.7 Å². The molecule has 0 aliphatic carbocycles. The molecule has 0 saturated heterocycles. The first-order valence-electron chi connectivity index (χ1n) is 4.57. The molecular formula is C10H11BrN4. The Kier molecular flexibility index (Phi) is 2.73. The fourth-order valence-electron chi connectivity index (χ4n) is 1.41. The monoisotopic (exact) mass is 266 g/mol. The van der Waals surface area contributed by atoms with Gasteiger partial charge in [-0.3, -0.25) is 0 Å². The van der Waals surface area contributed by atoms with Gasteiger partial charge in [-0.25, -0.2) is 4.98 Å². The average molecular weight is 267 g/mol. The Balaban J connectivity index is 2.74. The smallest absolute Gasteiger partial charge is 0.224 e. The summed E-state index contributed by atoms with van der Waals surface area (Å²) in [6, 6.07) is 5.94. The summed E-state index contributed by atoms with van der Waals surface area (Å²) in [7, 11) is 3.65. The number of aromatic nitrogens is 2. The second-order valence-corrected chi connectivity index (χ2v) is 3.97. The highest BCUT2D eigenvalue weighted by molar-refractivity contribution is 9.10. The molecule has 0 fully saturated rings. The van der Waals surface area contributed by atoms with Crippen molar-refractivity contribution in [3.8, 4) is 0 Å². The minimum absolute atomic E-state index is 0.616. The van der Waals surface area contributed by atoms with Gasteiger partial charge >= 0.3 is 0 Å². The lowest BCUT2D eigenvalue weighted by Gasteiger charge is -2.07. The predicted molar refractivity (Wildman–Crippen MR) is 66.3 cm³/mol. The molecule has 0 aliphatic heterocycles. The molecule has 0 spiro atoms. The van der Waals surface area contributed by atoms with Gasteiger partial charge in [0.15, 0.2) is 0 Å². The molecule has 0 atom stereocenters. The first-order valence-corrected chi connectivity index (χ1v) is 5.36. The number of rotatable bonds is 2. The van der Waals surface area contributed by atoms with Crippen LogP contribution in [0.1, 0.15) is 0 Å². The third-order valence-electron chi connectivity index (χ3n) is 2.12. The van der Waals surface area contributed by atoms with Crippen LogP contribution in [0.2, 0.25) is 0 Å². The molecule has 2 rings (SSSR count). The van der Waals surface area contributed by atoms with Gasteiger partial charge < -0.3 is 10.6 Å². The van der Waals surface area contributed by atoms with Crippen LogP contribution in [-0.4, -0.2) is 24.1 Å². The molecule has 0 amide bonds. The predicted octanol–water partition coefficient (Wildman–Crippen LogP) is 2.48. The molecule has 1 aromatic carbocycles. The van der Waals surface area contributed by atoms with E-state index in [0.29, 0.717) is 5.95 Å². The van der Waals surface area contributed by atoms with Crippen LogP contribution in [0, 0.1) is 0 Å². The lowest BCUT2D eigenvalue weighted by atomic mass is 10.2. The maximum atomic E-state index is 4.37. The summed E-state index contributed by atoms with van der Waals surface area (Å²) in [5.74, 6) is 1.45. The van der Waals surface area contributed by atoms with E-state index in [1.807, 2.05) is 25.2 Å². The topological polar surface area (TPSA) is 49.8 Å². The quantitative estimate of drug-likeness (QED) is 0.877. The SMILES string of the molecule is CNc1nc(NC)c2ccc(Br)cc2n1. The highest BCUT2D eigenvalue weighted by Crippen LogP contribution is 2.24. The number of benzene rings is 1. The molecule has 0 unspecified atom stereocenters. The Hall–Kier alpha value is -1.36. The van der Waals surface area contributed by atoms with Crippen LogP contribution in [0.15, 0.2) is 22.7 Å². The number of nitrogens with zero attached hydrogens (tertiary/aromatic N) is 2. The van der Waals surface area contributed by atoms with Crippen LogP contribution in [-0.2, 0) is 0 Å². The second kappa shape index (κ2) is 4.02. The Bertz CT molecular complexity index is 498. The van der Waals surface area contributed by atoms with Crippen molar-refractivity contribution in [2.75, 3.05) is 24.7 Å². The molecule has 15 heavy (non-hydrogen) atoms. The number of halogens is 1. The molecule has 4 nitrogen and oxygen atoms in total. The van der Waals surface area contributed by atoms with Gasteiger partial charge in [-0.05, 0) is 18.2 Å². The van der Waals surface area contributed by atoms with Crippen molar-refractivity contribution in [1.82, 2.24) is 9.97 Å². The van der Waals surface area contributed by atoms with Gasteiger partial charge in [-0.1, -0.05) is 15.9 Å². The normalized spacial score (nSPS) is 10.3. The van der Waals surface area contributed by atoms with E-state index in [4.69, 9.17) is 0 Å². The molecule has 0 aliphatic rings. The Morgan fingerprint density at radius 3 is 2.60 bits per heavy atom. The summed E-state index contributed by atoms with van der Waals surface area (Å²) in [5, 5.41) is 7.01. The van der Waals surface area contributed by atoms with Gasteiger partial charge in [0.1, 0.15) is 5.82 Å². The van der Waals surface area contributed by atoms with Gasteiger partial charge in [-0.2, -0.15) is 4.98 Å². The van der Waals surface area contributed by atoms with Gasteiger partial charge in [0.25, 0.3) is 0 Å². The Morgan fingerprint density at radius 2 is 1.93 bits per heavy atom. The molecule has 78 valence electrons. The van der Waals surface area contributed by atoms with E-state index in [9.17, 15) is 0 Å². The van der Waals surface area contributed by atoms with Crippen molar-refractivity contribution < 1.29 is 0 Å².